The molecule has 0 aromatic heterocycles. The van der Waals surface area contributed by atoms with Gasteiger partial charge in [0.2, 0.25) is 11.8 Å². The van der Waals surface area contributed by atoms with Crippen molar-refractivity contribution >= 4 is 17.9 Å². The van der Waals surface area contributed by atoms with Gasteiger partial charge in [-0.1, -0.05) is 31.2 Å². The molecule has 2 aliphatic rings. The van der Waals surface area contributed by atoms with Gasteiger partial charge in [-0.2, -0.15) is 0 Å². The molecule has 24 heavy (non-hydrogen) atoms. The highest BCUT2D eigenvalue weighted by atomic mass is 16.2. The van der Waals surface area contributed by atoms with Crippen molar-refractivity contribution in [3.8, 4) is 0 Å². The Morgan fingerprint density at radius 3 is 2.67 bits per heavy atom. The van der Waals surface area contributed by atoms with Gasteiger partial charge < -0.3 is 9.80 Å². The summed E-state index contributed by atoms with van der Waals surface area (Å²) in [6.07, 6.45) is 7.56. The van der Waals surface area contributed by atoms with Crippen LogP contribution in [0.3, 0.4) is 0 Å². The third-order valence-electron chi connectivity index (χ3n) is 4.86. The lowest BCUT2D eigenvalue weighted by atomic mass is 9.93. The Morgan fingerprint density at radius 2 is 2.00 bits per heavy atom. The van der Waals surface area contributed by atoms with Gasteiger partial charge in [0.05, 0.1) is 12.5 Å². The fraction of sp³-hybridized carbons (Fsp3) is 0.500. The Kier molecular flexibility index (Phi) is 5.03. The predicted molar refractivity (Wildman–Crippen MR) is 94.9 cm³/mol. The molecule has 0 saturated heterocycles. The van der Waals surface area contributed by atoms with Crippen molar-refractivity contribution in [3.05, 3.63) is 41.6 Å². The normalized spacial score (nSPS) is 19.1. The van der Waals surface area contributed by atoms with Crippen LogP contribution < -0.4 is 0 Å². The van der Waals surface area contributed by atoms with Crippen LogP contribution in [0.5, 0.6) is 0 Å². The zero-order valence-electron chi connectivity index (χ0n) is 14.6. The van der Waals surface area contributed by atoms with E-state index in [1.165, 1.54) is 12.8 Å². The summed E-state index contributed by atoms with van der Waals surface area (Å²) in [6.45, 7) is 5.34. The summed E-state index contributed by atoms with van der Waals surface area (Å²) in [5.74, 6) is 0.816. The van der Waals surface area contributed by atoms with E-state index in [0.29, 0.717) is 12.3 Å². The van der Waals surface area contributed by atoms with Crippen LogP contribution >= 0.6 is 0 Å². The molecule has 4 nitrogen and oxygen atoms in total. The summed E-state index contributed by atoms with van der Waals surface area (Å²) in [6, 6.07) is 7.82. The average molecular weight is 326 g/mol. The zero-order chi connectivity index (χ0) is 17.1. The summed E-state index contributed by atoms with van der Waals surface area (Å²) in [4.78, 5) is 28.6. The van der Waals surface area contributed by atoms with Gasteiger partial charge in [0, 0.05) is 26.2 Å². The van der Waals surface area contributed by atoms with Crippen LogP contribution in [0, 0.1) is 5.92 Å². The first-order valence-corrected chi connectivity index (χ1v) is 8.94. The van der Waals surface area contributed by atoms with E-state index in [-0.39, 0.29) is 17.9 Å². The third kappa shape index (κ3) is 3.69. The van der Waals surface area contributed by atoms with Crippen LogP contribution in [0.2, 0.25) is 0 Å². The molecule has 1 unspecified atom stereocenters. The molecule has 1 atom stereocenters. The number of hydrogen-bond acceptors (Lipinski definition) is 2. The molecule has 2 amide bonds. The van der Waals surface area contributed by atoms with Crippen LogP contribution in [0.25, 0.3) is 6.08 Å². The van der Waals surface area contributed by atoms with Crippen LogP contribution in [0.15, 0.2) is 30.5 Å². The largest absolute Gasteiger partial charge is 0.342 e. The Labute approximate surface area is 144 Å². The van der Waals surface area contributed by atoms with Gasteiger partial charge in [-0.05, 0) is 42.4 Å². The summed E-state index contributed by atoms with van der Waals surface area (Å²) in [5, 5.41) is 0. The van der Waals surface area contributed by atoms with E-state index in [4.69, 9.17) is 0 Å². The lowest BCUT2D eigenvalue weighted by Crippen LogP contribution is -2.38. The fourth-order valence-electron chi connectivity index (χ4n) is 3.41. The SMILES string of the molecule is CCCN(CC1CC1)C(=O)CC1c2ccccc2C=CN1C(C)=O. The standard InChI is InChI=1S/C20H26N2O2/c1-3-11-21(14-16-8-9-16)20(24)13-19-18-7-5-4-6-17(18)10-12-22(19)15(2)23/h4-7,10,12,16,19H,3,8-9,11,13-14H2,1-2H3. The first-order chi connectivity index (χ1) is 11.6. The minimum Gasteiger partial charge on any atom is -0.342 e. The van der Waals surface area contributed by atoms with E-state index in [1.807, 2.05) is 41.4 Å². The van der Waals surface area contributed by atoms with E-state index in [9.17, 15) is 9.59 Å². The van der Waals surface area contributed by atoms with Crippen LogP contribution in [0.4, 0.5) is 0 Å². The Hall–Kier alpha value is -2.10. The number of nitrogens with zero attached hydrogens (tertiary/aromatic N) is 2. The van der Waals surface area contributed by atoms with E-state index < -0.39 is 0 Å². The van der Waals surface area contributed by atoms with Gasteiger partial charge in [0.1, 0.15) is 0 Å². The summed E-state index contributed by atoms with van der Waals surface area (Å²) >= 11 is 0. The quantitative estimate of drug-likeness (QED) is 0.801. The van der Waals surface area contributed by atoms with Crippen LogP contribution in [0.1, 0.15) is 56.7 Å². The van der Waals surface area contributed by atoms with Crippen LogP contribution in [-0.2, 0) is 9.59 Å². The Balaban J connectivity index is 1.80. The highest BCUT2D eigenvalue weighted by molar-refractivity contribution is 5.82. The summed E-state index contributed by atoms with van der Waals surface area (Å²) in [7, 11) is 0. The van der Waals surface area contributed by atoms with Crippen molar-refractivity contribution in [3.63, 3.8) is 0 Å². The smallest absolute Gasteiger partial charge is 0.225 e. The number of hydrogen-bond donors (Lipinski definition) is 0. The van der Waals surface area contributed by atoms with Crippen molar-refractivity contribution in [2.75, 3.05) is 13.1 Å². The molecule has 1 saturated carbocycles. The molecule has 0 bridgehead atoms. The molecular formula is C20H26N2O2. The highest BCUT2D eigenvalue weighted by Crippen LogP contribution is 2.34. The van der Waals surface area contributed by atoms with E-state index in [0.717, 1.165) is 30.6 Å². The van der Waals surface area contributed by atoms with Gasteiger partial charge >= 0.3 is 0 Å². The van der Waals surface area contributed by atoms with E-state index >= 15 is 0 Å². The third-order valence-corrected chi connectivity index (χ3v) is 4.86. The number of fused-ring (bicyclic) bond motifs is 1. The molecule has 1 fully saturated rings. The lowest BCUT2D eigenvalue weighted by molar-refractivity contribution is -0.134. The molecule has 128 valence electrons. The molecular weight excluding hydrogens is 300 g/mol. The van der Waals surface area contributed by atoms with Gasteiger partial charge in [0.25, 0.3) is 0 Å². The average Bonchev–Trinajstić information content (AvgIpc) is 3.38. The molecule has 1 heterocycles. The molecule has 0 N–H and O–H groups in total. The molecule has 1 aromatic carbocycles. The highest BCUT2D eigenvalue weighted by Gasteiger charge is 2.31. The maximum Gasteiger partial charge on any atom is 0.225 e. The minimum absolute atomic E-state index is 0.0252. The first kappa shape index (κ1) is 16.7. The number of amides is 2. The second-order valence-corrected chi connectivity index (χ2v) is 6.87. The monoisotopic (exact) mass is 326 g/mol. The van der Waals surface area contributed by atoms with Gasteiger partial charge in [0.15, 0.2) is 0 Å². The molecule has 0 spiro atoms. The lowest BCUT2D eigenvalue weighted by Gasteiger charge is -2.34. The number of rotatable bonds is 6. The topological polar surface area (TPSA) is 40.6 Å². The van der Waals surface area contributed by atoms with Crippen molar-refractivity contribution in [2.24, 2.45) is 5.92 Å². The maximum absolute atomic E-state index is 12.9. The fourth-order valence-corrected chi connectivity index (χ4v) is 3.41. The summed E-state index contributed by atoms with van der Waals surface area (Å²) in [5.41, 5.74) is 2.16. The Bertz CT molecular complexity index is 649. The number of carbonyl (C=O) groups is 2. The first-order valence-electron chi connectivity index (χ1n) is 8.94. The van der Waals surface area contributed by atoms with Crippen molar-refractivity contribution in [1.82, 2.24) is 9.80 Å². The van der Waals surface area contributed by atoms with Gasteiger partial charge in [-0.25, -0.2) is 0 Å². The molecule has 1 aliphatic carbocycles. The predicted octanol–water partition coefficient (Wildman–Crippen LogP) is 3.60. The summed E-state index contributed by atoms with van der Waals surface area (Å²) < 4.78 is 0. The van der Waals surface area contributed by atoms with E-state index in [1.54, 1.807) is 11.8 Å². The molecule has 4 heteroatoms. The molecule has 1 aromatic rings. The Morgan fingerprint density at radius 1 is 1.25 bits per heavy atom. The van der Waals surface area contributed by atoms with Crippen molar-refractivity contribution in [1.29, 1.82) is 0 Å². The second kappa shape index (κ2) is 7.20. The minimum atomic E-state index is -0.199. The maximum atomic E-state index is 12.9. The van der Waals surface area contributed by atoms with Crippen LogP contribution in [-0.4, -0.2) is 34.7 Å². The zero-order valence-corrected chi connectivity index (χ0v) is 14.6. The number of carbonyl (C=O) groups excluding carboxylic acids is 2. The molecule has 3 rings (SSSR count). The molecule has 1 aliphatic heterocycles. The van der Waals surface area contributed by atoms with Gasteiger partial charge in [-0.3, -0.25) is 9.59 Å². The van der Waals surface area contributed by atoms with Gasteiger partial charge in [-0.15, -0.1) is 0 Å². The van der Waals surface area contributed by atoms with Crippen molar-refractivity contribution < 1.29 is 9.59 Å². The second-order valence-electron chi connectivity index (χ2n) is 6.87. The van der Waals surface area contributed by atoms with E-state index in [2.05, 4.69) is 6.92 Å². The number of benzene rings is 1. The van der Waals surface area contributed by atoms with Crippen molar-refractivity contribution in [2.45, 2.75) is 45.6 Å². The molecule has 0 radical (unpaired) electrons.